The first kappa shape index (κ1) is 23.3. The summed E-state index contributed by atoms with van der Waals surface area (Å²) in [6.45, 7) is 5.79. The Labute approximate surface area is 201 Å². The van der Waals surface area contributed by atoms with Crippen LogP contribution in [0.15, 0.2) is 41.3 Å². The molecule has 3 atom stereocenters. The number of anilines is 2. The van der Waals surface area contributed by atoms with Gasteiger partial charge in [0.1, 0.15) is 11.5 Å². The van der Waals surface area contributed by atoms with E-state index in [1.807, 2.05) is 24.8 Å². The number of carboxylic acid groups (broad SMARTS) is 1. The van der Waals surface area contributed by atoms with E-state index >= 15 is 0 Å². The molecule has 2 aromatic heterocycles. The number of alkyl halides is 2. The number of aromatic nitrogens is 2. The molecule has 1 aliphatic carbocycles. The van der Waals surface area contributed by atoms with E-state index < -0.39 is 23.7 Å². The van der Waals surface area contributed by atoms with Crippen molar-refractivity contribution >= 4 is 23.1 Å². The Morgan fingerprint density at radius 1 is 1.20 bits per heavy atom. The van der Waals surface area contributed by atoms with Crippen LogP contribution in [0.25, 0.3) is 5.65 Å². The first-order chi connectivity index (χ1) is 16.6. The molecule has 2 N–H and O–H groups in total. The zero-order chi connectivity index (χ0) is 25.1. The number of nitrogens with one attached hydrogen (secondary N) is 1. The second kappa shape index (κ2) is 8.32. The summed E-state index contributed by atoms with van der Waals surface area (Å²) in [5.74, 6) is -4.73. The first-order valence-electron chi connectivity index (χ1n) is 11.8. The van der Waals surface area contributed by atoms with Gasteiger partial charge in [0.15, 0.2) is 0 Å². The highest BCUT2D eigenvalue weighted by molar-refractivity contribution is 5.94. The molecule has 7 nitrogen and oxygen atoms in total. The van der Waals surface area contributed by atoms with Gasteiger partial charge in [-0.1, -0.05) is 12.1 Å². The fourth-order valence-electron chi connectivity index (χ4n) is 5.54. The molecular formula is C26H28F2N4O3. The maximum Gasteiger partial charge on any atom is 0.337 e. The van der Waals surface area contributed by atoms with E-state index in [4.69, 9.17) is 4.98 Å². The van der Waals surface area contributed by atoms with E-state index in [-0.39, 0.29) is 30.3 Å². The zero-order valence-corrected chi connectivity index (χ0v) is 19.9. The molecular weight excluding hydrogens is 454 g/mol. The Morgan fingerprint density at radius 3 is 2.51 bits per heavy atom. The third-order valence-electron chi connectivity index (χ3n) is 7.42. The van der Waals surface area contributed by atoms with Crippen LogP contribution in [0.4, 0.5) is 20.3 Å². The number of rotatable bonds is 5. The third kappa shape index (κ3) is 3.83. The Kier molecular flexibility index (Phi) is 5.53. The number of para-hydroxylation sites is 1. The van der Waals surface area contributed by atoms with Crippen molar-refractivity contribution in [1.29, 1.82) is 0 Å². The highest BCUT2D eigenvalue weighted by Crippen LogP contribution is 2.49. The molecule has 9 heteroatoms. The van der Waals surface area contributed by atoms with Crippen LogP contribution < -0.4 is 15.8 Å². The number of nitrogens with zero attached hydrogens (tertiary/aromatic N) is 3. The monoisotopic (exact) mass is 482 g/mol. The average Bonchev–Trinajstić information content (AvgIpc) is 2.97. The van der Waals surface area contributed by atoms with E-state index in [2.05, 4.69) is 5.32 Å². The minimum Gasteiger partial charge on any atom is -0.478 e. The smallest absolute Gasteiger partial charge is 0.337 e. The summed E-state index contributed by atoms with van der Waals surface area (Å²) < 4.78 is 30.5. The fraction of sp³-hybridized carbons (Fsp3) is 0.423. The topological polar surface area (TPSA) is 86.9 Å². The summed E-state index contributed by atoms with van der Waals surface area (Å²) in [4.78, 5) is 31.7. The summed E-state index contributed by atoms with van der Waals surface area (Å²) >= 11 is 0. The molecule has 5 rings (SSSR count). The molecule has 3 heterocycles. The minimum atomic E-state index is -2.67. The van der Waals surface area contributed by atoms with Crippen LogP contribution in [-0.4, -0.2) is 39.5 Å². The summed E-state index contributed by atoms with van der Waals surface area (Å²) in [7, 11) is 0. The van der Waals surface area contributed by atoms with Crippen molar-refractivity contribution in [2.24, 2.45) is 11.8 Å². The summed E-state index contributed by atoms with van der Waals surface area (Å²) in [5, 5.41) is 12.8. The number of aryl methyl sites for hydroxylation is 1. The molecule has 0 spiro atoms. The van der Waals surface area contributed by atoms with Gasteiger partial charge >= 0.3 is 5.97 Å². The number of pyridine rings is 1. The Bertz CT molecular complexity index is 1370. The highest BCUT2D eigenvalue weighted by atomic mass is 19.3. The van der Waals surface area contributed by atoms with Crippen LogP contribution in [0.3, 0.4) is 0 Å². The van der Waals surface area contributed by atoms with Crippen molar-refractivity contribution in [2.75, 3.05) is 23.3 Å². The van der Waals surface area contributed by atoms with Crippen molar-refractivity contribution in [2.45, 2.75) is 45.6 Å². The molecule has 1 saturated heterocycles. The molecule has 3 aromatic rings. The predicted octanol–water partition coefficient (Wildman–Crippen LogP) is 4.66. The van der Waals surface area contributed by atoms with Gasteiger partial charge in [-0.3, -0.25) is 9.20 Å². The molecule has 0 radical (unpaired) electrons. The molecule has 2 aliphatic rings. The lowest BCUT2D eigenvalue weighted by Gasteiger charge is -2.39. The number of carbonyl (C=O) groups is 1. The molecule has 0 amide bonds. The second-order valence-electron chi connectivity index (χ2n) is 9.80. The normalized spacial score (nSPS) is 21.8. The quantitative estimate of drug-likeness (QED) is 0.550. The summed E-state index contributed by atoms with van der Waals surface area (Å²) in [5.41, 5.74) is 2.78. The number of fused-ring (bicyclic) bond motifs is 3. The number of carboxylic acids is 1. The van der Waals surface area contributed by atoms with Gasteiger partial charge < -0.3 is 15.3 Å². The fourth-order valence-corrected chi connectivity index (χ4v) is 5.54. The van der Waals surface area contributed by atoms with E-state index in [9.17, 15) is 23.5 Å². The maximum atomic E-state index is 14.5. The number of piperidine rings is 1. The number of benzene rings is 1. The van der Waals surface area contributed by atoms with Gasteiger partial charge in [0.25, 0.3) is 11.5 Å². The van der Waals surface area contributed by atoms with E-state index in [0.717, 1.165) is 5.56 Å². The van der Waals surface area contributed by atoms with Gasteiger partial charge in [0, 0.05) is 42.4 Å². The van der Waals surface area contributed by atoms with E-state index in [1.165, 1.54) is 10.5 Å². The Morgan fingerprint density at radius 2 is 1.86 bits per heavy atom. The van der Waals surface area contributed by atoms with Crippen molar-refractivity contribution in [3.8, 4) is 0 Å². The van der Waals surface area contributed by atoms with E-state index in [0.29, 0.717) is 41.1 Å². The van der Waals surface area contributed by atoms with Crippen LogP contribution in [0.1, 0.15) is 52.9 Å². The largest absolute Gasteiger partial charge is 0.478 e. The lowest BCUT2D eigenvalue weighted by molar-refractivity contribution is -0.0830. The molecule has 2 fully saturated rings. The van der Waals surface area contributed by atoms with Gasteiger partial charge in [0.05, 0.1) is 17.2 Å². The van der Waals surface area contributed by atoms with Gasteiger partial charge in [0.2, 0.25) is 0 Å². The molecule has 1 aliphatic heterocycles. The number of hydrogen-bond acceptors (Lipinski definition) is 5. The van der Waals surface area contributed by atoms with Gasteiger partial charge in [-0.2, -0.15) is 0 Å². The first-order valence-corrected chi connectivity index (χ1v) is 11.8. The summed E-state index contributed by atoms with van der Waals surface area (Å²) in [6.07, 6.45) is 2.68. The molecule has 1 saturated carbocycles. The van der Waals surface area contributed by atoms with Gasteiger partial charge in [-0.05, 0) is 57.4 Å². The van der Waals surface area contributed by atoms with Crippen LogP contribution in [-0.2, 0) is 0 Å². The maximum absolute atomic E-state index is 14.5. The standard InChI is InChI=1S/C26H28F2N4O3/c1-14-10-20(16(3)29-21-7-5-4-6-19(21)25(34)35)23-30-22(15(2)24(33)32(23)11-14)31-12-17-8-9-18(13-31)26(17,27)28/h4-7,10-11,16-18,29H,8-9,12-13H2,1-3H3,(H,34,35)/t16-,17?,18?/m1/s1. The van der Waals surface area contributed by atoms with Crippen molar-refractivity contribution in [1.82, 2.24) is 9.38 Å². The number of aromatic carboxylic acids is 1. The SMILES string of the molecule is Cc1cc([C@@H](C)Nc2ccccc2C(=O)O)c2nc(N3CC4CCC(C3)C4(F)F)c(C)c(=O)n2c1. The van der Waals surface area contributed by atoms with E-state index in [1.54, 1.807) is 31.3 Å². The van der Waals surface area contributed by atoms with Crippen LogP contribution in [0.2, 0.25) is 0 Å². The average molecular weight is 483 g/mol. The van der Waals surface area contributed by atoms with Gasteiger partial charge in [-0.15, -0.1) is 0 Å². The van der Waals surface area contributed by atoms with Crippen LogP contribution >= 0.6 is 0 Å². The Hall–Kier alpha value is -3.49. The minimum absolute atomic E-state index is 0.141. The number of hydrogen-bond donors (Lipinski definition) is 2. The van der Waals surface area contributed by atoms with Crippen molar-refractivity contribution in [3.63, 3.8) is 0 Å². The molecule has 35 heavy (non-hydrogen) atoms. The highest BCUT2D eigenvalue weighted by Gasteiger charge is 2.56. The lowest BCUT2D eigenvalue weighted by atomic mass is 9.93. The molecule has 184 valence electrons. The molecule has 1 aromatic carbocycles. The number of halogens is 2. The lowest BCUT2D eigenvalue weighted by Crippen LogP contribution is -2.49. The second-order valence-corrected chi connectivity index (χ2v) is 9.80. The van der Waals surface area contributed by atoms with Crippen molar-refractivity contribution in [3.05, 3.63) is 69.1 Å². The zero-order valence-electron chi connectivity index (χ0n) is 19.9. The van der Waals surface area contributed by atoms with Crippen LogP contribution in [0.5, 0.6) is 0 Å². The predicted molar refractivity (Wildman–Crippen MR) is 130 cm³/mol. The van der Waals surface area contributed by atoms with Crippen molar-refractivity contribution < 1.29 is 18.7 Å². The molecule has 2 bridgehead atoms. The summed E-state index contributed by atoms with van der Waals surface area (Å²) in [6, 6.07) is 8.16. The third-order valence-corrected chi connectivity index (χ3v) is 7.42. The Balaban J connectivity index is 1.59. The molecule has 2 unspecified atom stereocenters. The van der Waals surface area contributed by atoms with Gasteiger partial charge in [-0.25, -0.2) is 18.6 Å². The van der Waals surface area contributed by atoms with Crippen LogP contribution in [0, 0.1) is 25.7 Å².